The topological polar surface area (TPSA) is 58.1 Å². The largest absolute Gasteiger partial charge is 0.347 e. The van der Waals surface area contributed by atoms with E-state index in [2.05, 4.69) is 32.3 Å². The quantitative estimate of drug-likeness (QED) is 0.878. The maximum Gasteiger partial charge on any atom is 0.225 e. The van der Waals surface area contributed by atoms with E-state index >= 15 is 0 Å². The summed E-state index contributed by atoms with van der Waals surface area (Å²) in [7, 11) is 0. The average molecular weight is 367 g/mol. The molecule has 0 saturated carbocycles. The van der Waals surface area contributed by atoms with Crippen molar-refractivity contribution in [3.8, 4) is 0 Å². The van der Waals surface area contributed by atoms with E-state index in [1.807, 2.05) is 57.6 Å². The van der Waals surface area contributed by atoms with Crippen molar-refractivity contribution < 1.29 is 4.79 Å². The van der Waals surface area contributed by atoms with Gasteiger partial charge in [-0.15, -0.1) is 0 Å². The highest BCUT2D eigenvalue weighted by atomic mass is 16.2. The van der Waals surface area contributed by atoms with Crippen molar-refractivity contribution in [2.45, 2.75) is 46.2 Å². The summed E-state index contributed by atoms with van der Waals surface area (Å²) in [6.45, 7) is 8.81. The number of nitrogens with zero attached hydrogens (tertiary/aromatic N) is 3. The minimum absolute atomic E-state index is 0.0573. The van der Waals surface area contributed by atoms with Gasteiger partial charge in [-0.2, -0.15) is 0 Å². The van der Waals surface area contributed by atoms with Gasteiger partial charge in [-0.1, -0.05) is 26.8 Å². The number of piperidine rings is 1. The second kappa shape index (κ2) is 8.61. The van der Waals surface area contributed by atoms with Crippen LogP contribution < -0.4 is 5.32 Å². The van der Waals surface area contributed by atoms with Crippen LogP contribution in [0.1, 0.15) is 50.9 Å². The fraction of sp³-hybridized carbons (Fsp3) is 0.500. The molecule has 2 aromatic heterocycles. The molecule has 0 aromatic carbocycles. The molecule has 144 valence electrons. The van der Waals surface area contributed by atoms with Gasteiger partial charge in [0.15, 0.2) is 0 Å². The van der Waals surface area contributed by atoms with Crippen LogP contribution in [-0.2, 0) is 11.3 Å². The SMILES string of the molecule is CC(C)(C)C(=O)N[C@@H](c1ccccn1)[C@H]1CCCN(Cc2ccncc2)C1. The zero-order chi connectivity index (χ0) is 19.3. The molecule has 5 heteroatoms. The first-order chi connectivity index (χ1) is 12.9. The summed E-state index contributed by atoms with van der Waals surface area (Å²) in [5.41, 5.74) is 1.81. The Bertz CT molecular complexity index is 727. The average Bonchev–Trinajstić information content (AvgIpc) is 2.67. The maximum absolute atomic E-state index is 12.7. The Morgan fingerprint density at radius 3 is 2.67 bits per heavy atom. The lowest BCUT2D eigenvalue weighted by molar-refractivity contribution is -0.130. The minimum Gasteiger partial charge on any atom is -0.347 e. The molecule has 3 rings (SSSR count). The van der Waals surface area contributed by atoms with Gasteiger partial charge < -0.3 is 5.32 Å². The van der Waals surface area contributed by atoms with Crippen LogP contribution in [0.15, 0.2) is 48.9 Å². The number of nitrogens with one attached hydrogen (secondary N) is 1. The van der Waals surface area contributed by atoms with Gasteiger partial charge in [-0.3, -0.25) is 19.7 Å². The third-order valence-electron chi connectivity index (χ3n) is 5.14. The predicted molar refractivity (Wildman–Crippen MR) is 107 cm³/mol. The number of carbonyl (C=O) groups is 1. The van der Waals surface area contributed by atoms with Gasteiger partial charge in [0.05, 0.1) is 11.7 Å². The number of hydrogen-bond donors (Lipinski definition) is 1. The van der Waals surface area contributed by atoms with Crippen molar-refractivity contribution in [1.29, 1.82) is 0 Å². The third kappa shape index (κ3) is 5.36. The highest BCUT2D eigenvalue weighted by Crippen LogP contribution is 2.30. The van der Waals surface area contributed by atoms with Crippen molar-refractivity contribution in [1.82, 2.24) is 20.2 Å². The van der Waals surface area contributed by atoms with Gasteiger partial charge in [0.25, 0.3) is 0 Å². The summed E-state index contributed by atoms with van der Waals surface area (Å²) in [5.74, 6) is 0.422. The Kier molecular flexibility index (Phi) is 6.22. The number of carbonyl (C=O) groups excluding carboxylic acids is 1. The summed E-state index contributed by atoms with van der Waals surface area (Å²) in [6, 6.07) is 10.0. The standard InChI is InChI=1S/C22H30N4O/c1-22(2,3)21(27)25-20(19-8-4-5-11-24-19)18-7-6-14-26(16-18)15-17-9-12-23-13-10-17/h4-5,8-13,18,20H,6-7,14-16H2,1-3H3,(H,25,27)/t18-,20+/m0/s1. The summed E-state index contributed by atoms with van der Waals surface area (Å²) in [5, 5.41) is 3.29. The van der Waals surface area contributed by atoms with Gasteiger partial charge >= 0.3 is 0 Å². The van der Waals surface area contributed by atoms with Crippen LogP contribution in [0.3, 0.4) is 0 Å². The normalized spacial score (nSPS) is 19.4. The van der Waals surface area contributed by atoms with E-state index in [1.165, 1.54) is 5.56 Å². The fourth-order valence-electron chi connectivity index (χ4n) is 3.60. The molecule has 1 aliphatic rings. The highest BCUT2D eigenvalue weighted by Gasteiger charge is 2.33. The Morgan fingerprint density at radius 1 is 1.22 bits per heavy atom. The van der Waals surface area contributed by atoms with Crippen molar-refractivity contribution >= 4 is 5.91 Å². The Hall–Kier alpha value is -2.27. The Balaban J connectivity index is 1.76. The molecule has 3 heterocycles. The third-order valence-corrected chi connectivity index (χ3v) is 5.14. The van der Waals surface area contributed by atoms with Crippen LogP contribution in [0, 0.1) is 11.3 Å². The number of aromatic nitrogens is 2. The van der Waals surface area contributed by atoms with E-state index in [1.54, 1.807) is 0 Å². The van der Waals surface area contributed by atoms with Crippen molar-refractivity contribution in [3.63, 3.8) is 0 Å². The van der Waals surface area contributed by atoms with Crippen molar-refractivity contribution in [2.24, 2.45) is 11.3 Å². The summed E-state index contributed by atoms with van der Waals surface area (Å²) in [6.07, 6.45) is 7.72. The minimum atomic E-state index is -0.418. The first kappa shape index (κ1) is 19.5. The van der Waals surface area contributed by atoms with E-state index in [-0.39, 0.29) is 11.9 Å². The lowest BCUT2D eigenvalue weighted by atomic mass is 9.86. The van der Waals surface area contributed by atoms with Crippen LogP contribution in [0.2, 0.25) is 0 Å². The summed E-state index contributed by atoms with van der Waals surface area (Å²) >= 11 is 0. The van der Waals surface area contributed by atoms with E-state index in [0.717, 1.165) is 38.2 Å². The first-order valence-electron chi connectivity index (χ1n) is 9.76. The molecule has 0 bridgehead atoms. The molecule has 1 N–H and O–H groups in total. The van der Waals surface area contributed by atoms with E-state index in [9.17, 15) is 4.79 Å². The van der Waals surface area contributed by atoms with Gasteiger partial charge in [0.2, 0.25) is 5.91 Å². The Morgan fingerprint density at radius 2 is 2.00 bits per heavy atom. The first-order valence-corrected chi connectivity index (χ1v) is 9.76. The fourth-order valence-corrected chi connectivity index (χ4v) is 3.60. The number of pyridine rings is 2. The zero-order valence-electron chi connectivity index (χ0n) is 16.6. The molecule has 2 atom stereocenters. The van der Waals surface area contributed by atoms with Crippen LogP contribution >= 0.6 is 0 Å². The summed E-state index contributed by atoms with van der Waals surface area (Å²) in [4.78, 5) is 23.8. The molecule has 27 heavy (non-hydrogen) atoms. The molecule has 1 amide bonds. The number of rotatable bonds is 5. The highest BCUT2D eigenvalue weighted by molar-refractivity contribution is 5.81. The smallest absolute Gasteiger partial charge is 0.225 e. The monoisotopic (exact) mass is 366 g/mol. The number of amides is 1. The van der Waals surface area contributed by atoms with Crippen molar-refractivity contribution in [3.05, 3.63) is 60.2 Å². The van der Waals surface area contributed by atoms with Crippen LogP contribution in [0.5, 0.6) is 0 Å². The van der Waals surface area contributed by atoms with Crippen LogP contribution in [0.4, 0.5) is 0 Å². The van der Waals surface area contributed by atoms with Gasteiger partial charge in [0.1, 0.15) is 0 Å². The second-order valence-corrected chi connectivity index (χ2v) is 8.45. The lowest BCUT2D eigenvalue weighted by Crippen LogP contribution is -2.45. The maximum atomic E-state index is 12.7. The lowest BCUT2D eigenvalue weighted by Gasteiger charge is -2.38. The molecular weight excluding hydrogens is 336 g/mol. The van der Waals surface area contributed by atoms with Crippen molar-refractivity contribution in [2.75, 3.05) is 13.1 Å². The number of likely N-dealkylation sites (tertiary alicyclic amines) is 1. The summed E-state index contributed by atoms with van der Waals surface area (Å²) < 4.78 is 0. The molecule has 0 radical (unpaired) electrons. The molecule has 2 aromatic rings. The second-order valence-electron chi connectivity index (χ2n) is 8.45. The van der Waals surface area contributed by atoms with E-state index in [0.29, 0.717) is 5.92 Å². The zero-order valence-corrected chi connectivity index (χ0v) is 16.6. The van der Waals surface area contributed by atoms with Crippen LogP contribution in [-0.4, -0.2) is 33.9 Å². The molecule has 1 fully saturated rings. The van der Waals surface area contributed by atoms with Crippen LogP contribution in [0.25, 0.3) is 0 Å². The molecule has 0 spiro atoms. The predicted octanol–water partition coefficient (Wildman–Crippen LogP) is 3.59. The molecule has 0 unspecified atom stereocenters. The van der Waals surface area contributed by atoms with Gasteiger partial charge in [0, 0.05) is 37.1 Å². The molecule has 0 aliphatic carbocycles. The Labute approximate surface area is 162 Å². The van der Waals surface area contributed by atoms with E-state index < -0.39 is 5.41 Å². The molecular formula is C22H30N4O. The molecule has 1 saturated heterocycles. The molecule has 1 aliphatic heterocycles. The van der Waals surface area contributed by atoms with E-state index in [4.69, 9.17) is 0 Å². The van der Waals surface area contributed by atoms with Gasteiger partial charge in [-0.25, -0.2) is 0 Å². The number of hydrogen-bond acceptors (Lipinski definition) is 4. The molecule has 5 nitrogen and oxygen atoms in total. The van der Waals surface area contributed by atoms with Gasteiger partial charge in [-0.05, 0) is 55.1 Å².